The Morgan fingerprint density at radius 2 is 1.33 bits per heavy atom. The van der Waals surface area contributed by atoms with E-state index in [1.165, 1.54) is 0 Å². The predicted molar refractivity (Wildman–Crippen MR) is 81.0 cm³/mol. The van der Waals surface area contributed by atoms with Crippen molar-refractivity contribution in [2.24, 2.45) is 0 Å². The second-order valence-electron chi connectivity index (χ2n) is 4.20. The van der Waals surface area contributed by atoms with E-state index in [0.717, 1.165) is 5.56 Å². The van der Waals surface area contributed by atoms with Gasteiger partial charge in [-0.3, -0.25) is 0 Å². The fourth-order valence-corrected chi connectivity index (χ4v) is 1.54. The monoisotopic (exact) mass is 296 g/mol. The fraction of sp³-hybridized carbons (Fsp3) is 0.500. The number of aliphatic hydroxyl groups is 1. The average molecular weight is 296 g/mol. The molecule has 0 saturated heterocycles. The van der Waals surface area contributed by atoms with Gasteiger partial charge in [0.15, 0.2) is 0 Å². The summed E-state index contributed by atoms with van der Waals surface area (Å²) in [5.41, 5.74) is 0.976. The van der Waals surface area contributed by atoms with Gasteiger partial charge in [0.2, 0.25) is 0 Å². The molecule has 0 fully saturated rings. The first kappa shape index (κ1) is 17.7. The summed E-state index contributed by atoms with van der Waals surface area (Å²) in [5.74, 6) is 0.650. The molecule has 5 heteroatoms. The summed E-state index contributed by atoms with van der Waals surface area (Å²) in [5, 5.41) is 8.50. The number of hydrogen-bond donors (Lipinski definition) is 1. The molecule has 0 saturated carbocycles. The normalized spacial score (nSPS) is 10.5. The van der Waals surface area contributed by atoms with Crippen molar-refractivity contribution in [3.63, 3.8) is 0 Å². The van der Waals surface area contributed by atoms with E-state index in [1.807, 2.05) is 30.3 Å². The van der Waals surface area contributed by atoms with E-state index in [2.05, 4.69) is 6.58 Å². The Balaban J connectivity index is 1.88. The highest BCUT2D eigenvalue weighted by Crippen LogP contribution is 2.12. The molecule has 0 amide bonds. The van der Waals surface area contributed by atoms with Crippen molar-refractivity contribution in [2.75, 3.05) is 52.9 Å². The second kappa shape index (κ2) is 12.3. The van der Waals surface area contributed by atoms with Crippen molar-refractivity contribution in [3.05, 3.63) is 42.5 Å². The maximum atomic E-state index is 8.50. The molecular weight excluding hydrogens is 272 g/mol. The Morgan fingerprint density at radius 3 is 1.90 bits per heavy atom. The van der Waals surface area contributed by atoms with Crippen molar-refractivity contribution in [1.82, 2.24) is 0 Å². The highest BCUT2D eigenvalue weighted by atomic mass is 16.6. The van der Waals surface area contributed by atoms with Crippen LogP contribution in [0.2, 0.25) is 0 Å². The fourth-order valence-electron chi connectivity index (χ4n) is 1.54. The van der Waals surface area contributed by atoms with Gasteiger partial charge in [-0.1, -0.05) is 36.9 Å². The molecule has 118 valence electrons. The van der Waals surface area contributed by atoms with Crippen molar-refractivity contribution in [3.8, 4) is 0 Å². The molecule has 0 atom stereocenters. The summed E-state index contributed by atoms with van der Waals surface area (Å²) >= 11 is 0. The summed E-state index contributed by atoms with van der Waals surface area (Å²) in [6.07, 6.45) is 0. The molecule has 0 aromatic heterocycles. The molecular formula is C16H24O5. The van der Waals surface area contributed by atoms with Crippen molar-refractivity contribution < 1.29 is 24.1 Å². The molecule has 0 unspecified atom stereocenters. The molecule has 1 N–H and O–H groups in total. The van der Waals surface area contributed by atoms with Crippen LogP contribution in [0.15, 0.2) is 36.9 Å². The van der Waals surface area contributed by atoms with Crippen LogP contribution in [0.3, 0.4) is 0 Å². The third-order valence-electron chi connectivity index (χ3n) is 2.58. The average Bonchev–Trinajstić information content (AvgIpc) is 2.53. The van der Waals surface area contributed by atoms with Crippen LogP contribution in [-0.4, -0.2) is 58.0 Å². The van der Waals surface area contributed by atoms with Gasteiger partial charge in [-0.15, -0.1) is 0 Å². The molecule has 0 aliphatic heterocycles. The molecule has 0 spiro atoms. The van der Waals surface area contributed by atoms with Gasteiger partial charge in [-0.25, -0.2) is 0 Å². The lowest BCUT2D eigenvalue weighted by molar-refractivity contribution is 0.00232. The summed E-state index contributed by atoms with van der Waals surface area (Å²) < 4.78 is 21.2. The van der Waals surface area contributed by atoms with Gasteiger partial charge in [-0.05, 0) is 0 Å². The molecule has 0 bridgehead atoms. The summed E-state index contributed by atoms with van der Waals surface area (Å²) in [7, 11) is 0. The molecule has 1 aromatic rings. The largest absolute Gasteiger partial charge is 0.491 e. The zero-order valence-corrected chi connectivity index (χ0v) is 12.3. The van der Waals surface area contributed by atoms with Crippen molar-refractivity contribution in [2.45, 2.75) is 0 Å². The minimum Gasteiger partial charge on any atom is -0.491 e. The van der Waals surface area contributed by atoms with E-state index in [9.17, 15) is 0 Å². The Bertz CT molecular complexity index is 366. The Hall–Kier alpha value is -1.40. The van der Waals surface area contributed by atoms with Crippen LogP contribution in [-0.2, 0) is 18.9 Å². The maximum absolute atomic E-state index is 8.50. The zero-order valence-electron chi connectivity index (χ0n) is 12.3. The number of rotatable bonds is 13. The minimum atomic E-state index is 0.0391. The van der Waals surface area contributed by atoms with Gasteiger partial charge < -0.3 is 24.1 Å². The summed E-state index contributed by atoms with van der Waals surface area (Å²) in [6.45, 7) is 7.25. The third-order valence-corrected chi connectivity index (χ3v) is 2.58. The summed E-state index contributed by atoms with van der Waals surface area (Å²) in [4.78, 5) is 0. The maximum Gasteiger partial charge on any atom is 0.119 e. The second-order valence-corrected chi connectivity index (χ2v) is 4.20. The molecule has 0 aliphatic rings. The molecule has 1 rings (SSSR count). The van der Waals surface area contributed by atoms with E-state index in [4.69, 9.17) is 24.1 Å². The van der Waals surface area contributed by atoms with Crippen molar-refractivity contribution >= 4 is 5.76 Å². The van der Waals surface area contributed by atoms with Crippen LogP contribution in [0.4, 0.5) is 0 Å². The molecule has 1 aromatic carbocycles. The van der Waals surface area contributed by atoms with Crippen LogP contribution in [0.25, 0.3) is 5.76 Å². The molecule has 0 radical (unpaired) electrons. The van der Waals surface area contributed by atoms with E-state index in [0.29, 0.717) is 52.0 Å². The molecule has 0 heterocycles. The lowest BCUT2D eigenvalue weighted by Crippen LogP contribution is -2.12. The van der Waals surface area contributed by atoms with Gasteiger partial charge in [0, 0.05) is 5.56 Å². The minimum absolute atomic E-state index is 0.0391. The number of benzene rings is 1. The smallest absolute Gasteiger partial charge is 0.119 e. The highest BCUT2D eigenvalue weighted by Gasteiger charge is 1.98. The summed E-state index contributed by atoms with van der Waals surface area (Å²) in [6, 6.07) is 9.75. The van der Waals surface area contributed by atoms with E-state index < -0.39 is 0 Å². The first-order valence-electron chi connectivity index (χ1n) is 7.06. The predicted octanol–water partition coefficient (Wildman–Crippen LogP) is 1.72. The highest BCUT2D eigenvalue weighted by molar-refractivity contribution is 5.56. The molecule has 5 nitrogen and oxygen atoms in total. The SMILES string of the molecule is C=C(OCCOCCOCCOCCO)c1ccccc1. The lowest BCUT2D eigenvalue weighted by atomic mass is 10.2. The van der Waals surface area contributed by atoms with Crippen LogP contribution in [0, 0.1) is 0 Å². The first-order chi connectivity index (χ1) is 10.3. The van der Waals surface area contributed by atoms with E-state index >= 15 is 0 Å². The molecule has 21 heavy (non-hydrogen) atoms. The number of hydrogen-bond acceptors (Lipinski definition) is 5. The van der Waals surface area contributed by atoms with E-state index in [-0.39, 0.29) is 6.61 Å². The Kier molecular flexibility index (Phi) is 10.4. The standard InChI is InChI=1S/C16H24O5/c1-15(16-5-3-2-4-6-16)21-14-13-20-12-11-19-10-9-18-8-7-17/h2-6,17H,1,7-14H2. The van der Waals surface area contributed by atoms with Crippen LogP contribution in [0.5, 0.6) is 0 Å². The Morgan fingerprint density at radius 1 is 0.810 bits per heavy atom. The van der Waals surface area contributed by atoms with Gasteiger partial charge in [-0.2, -0.15) is 0 Å². The van der Waals surface area contributed by atoms with Gasteiger partial charge in [0.25, 0.3) is 0 Å². The van der Waals surface area contributed by atoms with Gasteiger partial charge >= 0.3 is 0 Å². The lowest BCUT2D eigenvalue weighted by Gasteiger charge is -2.10. The molecule has 0 aliphatic carbocycles. The van der Waals surface area contributed by atoms with Crippen LogP contribution < -0.4 is 0 Å². The van der Waals surface area contributed by atoms with Gasteiger partial charge in [0.05, 0.1) is 46.2 Å². The van der Waals surface area contributed by atoms with Crippen LogP contribution >= 0.6 is 0 Å². The van der Waals surface area contributed by atoms with Crippen molar-refractivity contribution in [1.29, 1.82) is 0 Å². The first-order valence-corrected chi connectivity index (χ1v) is 7.06. The number of ether oxygens (including phenoxy) is 4. The van der Waals surface area contributed by atoms with E-state index in [1.54, 1.807) is 0 Å². The quantitative estimate of drug-likeness (QED) is 0.444. The third kappa shape index (κ3) is 9.20. The Labute approximate surface area is 126 Å². The van der Waals surface area contributed by atoms with Crippen LogP contribution in [0.1, 0.15) is 5.56 Å². The topological polar surface area (TPSA) is 57.2 Å². The zero-order chi connectivity index (χ0) is 15.2. The van der Waals surface area contributed by atoms with Gasteiger partial charge in [0.1, 0.15) is 12.4 Å². The number of aliphatic hydroxyl groups excluding tert-OH is 1.